The van der Waals surface area contributed by atoms with Crippen LogP contribution in [0.1, 0.15) is 21.7 Å². The molecule has 0 saturated carbocycles. The average molecular weight is 252 g/mol. The molecule has 0 aliphatic rings. The van der Waals surface area contributed by atoms with Gasteiger partial charge in [0.1, 0.15) is 0 Å². The fourth-order valence-electron chi connectivity index (χ4n) is 1.61. The number of carbonyl (C=O) groups is 1. The Bertz CT molecular complexity index is 409. The topological polar surface area (TPSA) is 81.3 Å². The SMILES string of the molecule is COCCN(CCN)C(=O)c1cc(C)nnc1C. The van der Waals surface area contributed by atoms with Gasteiger partial charge in [-0.05, 0) is 19.9 Å². The van der Waals surface area contributed by atoms with E-state index in [0.29, 0.717) is 37.5 Å². The first-order valence-corrected chi connectivity index (χ1v) is 5.89. The number of hydrogen-bond donors (Lipinski definition) is 1. The van der Waals surface area contributed by atoms with E-state index in [2.05, 4.69) is 10.2 Å². The number of ether oxygens (including phenoxy) is 1. The van der Waals surface area contributed by atoms with Crippen molar-refractivity contribution in [2.45, 2.75) is 13.8 Å². The van der Waals surface area contributed by atoms with E-state index in [1.165, 1.54) is 0 Å². The lowest BCUT2D eigenvalue weighted by Gasteiger charge is -2.22. The number of aromatic nitrogens is 2. The Morgan fingerprint density at radius 2 is 2.11 bits per heavy atom. The van der Waals surface area contributed by atoms with Crippen molar-refractivity contribution in [2.24, 2.45) is 5.73 Å². The molecule has 6 heteroatoms. The first-order chi connectivity index (χ1) is 8.60. The lowest BCUT2D eigenvalue weighted by molar-refractivity contribution is 0.0700. The predicted molar refractivity (Wildman–Crippen MR) is 68.3 cm³/mol. The fourth-order valence-corrected chi connectivity index (χ4v) is 1.61. The molecule has 0 radical (unpaired) electrons. The molecular formula is C12H20N4O2. The van der Waals surface area contributed by atoms with E-state index in [1.54, 1.807) is 25.0 Å². The van der Waals surface area contributed by atoms with Crippen LogP contribution in [0.3, 0.4) is 0 Å². The van der Waals surface area contributed by atoms with Gasteiger partial charge in [-0.1, -0.05) is 0 Å². The quantitative estimate of drug-likeness (QED) is 0.779. The number of methoxy groups -OCH3 is 1. The summed E-state index contributed by atoms with van der Waals surface area (Å²) in [5.74, 6) is -0.0759. The Hall–Kier alpha value is -1.53. The van der Waals surface area contributed by atoms with Crippen molar-refractivity contribution in [3.05, 3.63) is 23.0 Å². The first-order valence-electron chi connectivity index (χ1n) is 5.89. The molecule has 0 fully saturated rings. The number of aryl methyl sites for hydroxylation is 2. The third-order valence-electron chi connectivity index (χ3n) is 2.58. The molecular weight excluding hydrogens is 232 g/mol. The Balaban J connectivity index is 2.90. The summed E-state index contributed by atoms with van der Waals surface area (Å²) in [6, 6.07) is 1.75. The highest BCUT2D eigenvalue weighted by atomic mass is 16.5. The van der Waals surface area contributed by atoms with Crippen LogP contribution in [0.25, 0.3) is 0 Å². The zero-order chi connectivity index (χ0) is 13.5. The molecule has 18 heavy (non-hydrogen) atoms. The molecule has 1 aromatic heterocycles. The van der Waals surface area contributed by atoms with Gasteiger partial charge in [0.15, 0.2) is 0 Å². The first kappa shape index (κ1) is 14.5. The molecule has 100 valence electrons. The Morgan fingerprint density at radius 1 is 1.39 bits per heavy atom. The number of nitrogens with zero attached hydrogens (tertiary/aromatic N) is 3. The van der Waals surface area contributed by atoms with Gasteiger partial charge in [-0.3, -0.25) is 4.79 Å². The van der Waals surface area contributed by atoms with Crippen molar-refractivity contribution in [2.75, 3.05) is 33.4 Å². The van der Waals surface area contributed by atoms with Crippen molar-refractivity contribution in [3.63, 3.8) is 0 Å². The molecule has 1 aromatic rings. The highest BCUT2D eigenvalue weighted by Gasteiger charge is 2.18. The minimum absolute atomic E-state index is 0.0759. The molecule has 0 unspecified atom stereocenters. The molecule has 2 N–H and O–H groups in total. The minimum Gasteiger partial charge on any atom is -0.383 e. The van der Waals surface area contributed by atoms with Crippen LogP contribution in [0.2, 0.25) is 0 Å². The highest BCUT2D eigenvalue weighted by Crippen LogP contribution is 2.09. The summed E-state index contributed by atoms with van der Waals surface area (Å²) >= 11 is 0. The summed E-state index contributed by atoms with van der Waals surface area (Å²) in [5, 5.41) is 7.88. The minimum atomic E-state index is -0.0759. The molecule has 1 heterocycles. The molecule has 6 nitrogen and oxygen atoms in total. The van der Waals surface area contributed by atoms with Gasteiger partial charge in [-0.15, -0.1) is 0 Å². The number of hydrogen-bond acceptors (Lipinski definition) is 5. The molecule has 1 rings (SSSR count). The van der Waals surface area contributed by atoms with Gasteiger partial charge in [0.05, 0.1) is 23.6 Å². The van der Waals surface area contributed by atoms with E-state index in [1.807, 2.05) is 6.92 Å². The van der Waals surface area contributed by atoms with Crippen molar-refractivity contribution < 1.29 is 9.53 Å². The van der Waals surface area contributed by atoms with Gasteiger partial charge < -0.3 is 15.4 Å². The normalized spacial score (nSPS) is 10.4. The summed E-state index contributed by atoms with van der Waals surface area (Å²) in [4.78, 5) is 14.0. The summed E-state index contributed by atoms with van der Waals surface area (Å²) in [6.45, 7) is 5.52. The monoisotopic (exact) mass is 252 g/mol. The standard InChI is InChI=1S/C12H20N4O2/c1-9-8-11(10(2)15-14-9)12(17)16(5-4-13)6-7-18-3/h8H,4-7,13H2,1-3H3. The van der Waals surface area contributed by atoms with E-state index in [9.17, 15) is 4.79 Å². The smallest absolute Gasteiger partial charge is 0.255 e. The average Bonchev–Trinajstić information content (AvgIpc) is 2.36. The van der Waals surface area contributed by atoms with Gasteiger partial charge in [0.2, 0.25) is 0 Å². The third-order valence-corrected chi connectivity index (χ3v) is 2.58. The van der Waals surface area contributed by atoms with E-state index in [-0.39, 0.29) is 5.91 Å². The number of carbonyl (C=O) groups excluding carboxylic acids is 1. The van der Waals surface area contributed by atoms with Crippen LogP contribution < -0.4 is 5.73 Å². The molecule has 0 atom stereocenters. The van der Waals surface area contributed by atoms with Crippen LogP contribution in [-0.4, -0.2) is 54.4 Å². The second kappa shape index (κ2) is 7.03. The molecule has 0 aliphatic carbocycles. The van der Waals surface area contributed by atoms with Crippen molar-refractivity contribution >= 4 is 5.91 Å². The predicted octanol–water partition coefficient (Wildman–Crippen LogP) is 0.141. The van der Waals surface area contributed by atoms with Crippen LogP contribution in [0.4, 0.5) is 0 Å². The largest absolute Gasteiger partial charge is 0.383 e. The second-order valence-electron chi connectivity index (χ2n) is 4.06. The number of amides is 1. The molecule has 0 aromatic carbocycles. The van der Waals surface area contributed by atoms with Crippen LogP contribution in [-0.2, 0) is 4.74 Å². The van der Waals surface area contributed by atoms with Crippen LogP contribution in [0.15, 0.2) is 6.07 Å². The van der Waals surface area contributed by atoms with Gasteiger partial charge in [-0.25, -0.2) is 0 Å². The van der Waals surface area contributed by atoms with Crippen molar-refractivity contribution in [3.8, 4) is 0 Å². The molecule has 1 amide bonds. The number of rotatable bonds is 6. The van der Waals surface area contributed by atoms with Gasteiger partial charge in [-0.2, -0.15) is 10.2 Å². The summed E-state index contributed by atoms with van der Waals surface area (Å²) < 4.78 is 5.00. The fraction of sp³-hybridized carbons (Fsp3) is 0.583. The third kappa shape index (κ3) is 3.75. The van der Waals surface area contributed by atoms with Crippen molar-refractivity contribution in [1.82, 2.24) is 15.1 Å². The van der Waals surface area contributed by atoms with Crippen LogP contribution >= 0.6 is 0 Å². The lowest BCUT2D eigenvalue weighted by atomic mass is 10.1. The Morgan fingerprint density at radius 3 is 2.72 bits per heavy atom. The summed E-state index contributed by atoms with van der Waals surface area (Å²) in [6.07, 6.45) is 0. The van der Waals surface area contributed by atoms with Gasteiger partial charge in [0, 0.05) is 26.7 Å². The van der Waals surface area contributed by atoms with E-state index in [4.69, 9.17) is 10.5 Å². The van der Waals surface area contributed by atoms with Crippen molar-refractivity contribution in [1.29, 1.82) is 0 Å². The van der Waals surface area contributed by atoms with Crippen LogP contribution in [0, 0.1) is 13.8 Å². The van der Waals surface area contributed by atoms with Crippen LogP contribution in [0.5, 0.6) is 0 Å². The summed E-state index contributed by atoms with van der Waals surface area (Å²) in [7, 11) is 1.61. The van der Waals surface area contributed by atoms with E-state index >= 15 is 0 Å². The second-order valence-corrected chi connectivity index (χ2v) is 4.06. The highest BCUT2D eigenvalue weighted by molar-refractivity contribution is 5.95. The molecule has 0 bridgehead atoms. The number of nitrogens with two attached hydrogens (primary N) is 1. The molecule has 0 spiro atoms. The van der Waals surface area contributed by atoms with Gasteiger partial charge in [0.25, 0.3) is 5.91 Å². The maximum Gasteiger partial charge on any atom is 0.255 e. The molecule has 0 aliphatic heterocycles. The maximum absolute atomic E-state index is 12.4. The zero-order valence-corrected chi connectivity index (χ0v) is 11.1. The van der Waals surface area contributed by atoms with Gasteiger partial charge >= 0.3 is 0 Å². The van der Waals surface area contributed by atoms with E-state index < -0.39 is 0 Å². The molecule has 0 saturated heterocycles. The Labute approximate surface area is 107 Å². The Kier molecular flexibility index (Phi) is 5.67. The lowest BCUT2D eigenvalue weighted by Crippen LogP contribution is -2.38. The maximum atomic E-state index is 12.4. The summed E-state index contributed by atoms with van der Waals surface area (Å²) in [5.41, 5.74) is 7.45. The zero-order valence-electron chi connectivity index (χ0n) is 11.1. The van der Waals surface area contributed by atoms with E-state index in [0.717, 1.165) is 5.69 Å².